The standard InChI is InChI=1S/Ba.H2O.U.Y.2H/h;1H2;;;;. The van der Waals surface area contributed by atoms with Crippen molar-refractivity contribution in [1.82, 2.24) is 0 Å². The van der Waals surface area contributed by atoms with Crippen LogP contribution in [0.25, 0.3) is 0 Å². The molecule has 0 aromatic rings. The summed E-state index contributed by atoms with van der Waals surface area (Å²) in [7, 11) is 0. The van der Waals surface area contributed by atoms with Crippen LogP contribution < -0.4 is 0 Å². The van der Waals surface area contributed by atoms with Crippen LogP contribution >= 0.6 is 0 Å². The molecule has 0 aromatic carbocycles. The Balaban J connectivity index is 0. The van der Waals surface area contributed by atoms with Crippen molar-refractivity contribution in [2.75, 3.05) is 0 Å². The normalized spacial score (nSPS) is 0. The van der Waals surface area contributed by atoms with Gasteiger partial charge in [0.1, 0.15) is 0 Å². The average molecular weight is 484 g/mol. The van der Waals surface area contributed by atoms with E-state index in [0.717, 1.165) is 0 Å². The minimum Gasteiger partial charge on any atom is 0 e. The van der Waals surface area contributed by atoms with Crippen LogP contribution in [0.5, 0.6) is 0 Å². The molecule has 0 saturated heterocycles. The van der Waals surface area contributed by atoms with Crippen LogP contribution in [-0.2, 0) is 32.7 Å². The summed E-state index contributed by atoms with van der Waals surface area (Å²) < 4.78 is 0. The Bertz CT molecular complexity index is 8.00. The minimum absolute atomic E-state index is 0. The van der Waals surface area contributed by atoms with E-state index in [-0.39, 0.29) is 118 Å². The first-order chi connectivity index (χ1) is 0. The zero-order chi connectivity index (χ0) is 0. The Labute approximate surface area is 115 Å². The van der Waals surface area contributed by atoms with Gasteiger partial charge in [-0.15, -0.1) is 0 Å². The summed E-state index contributed by atoms with van der Waals surface area (Å²) in [6.45, 7) is 0. The van der Waals surface area contributed by atoms with Gasteiger partial charge in [0, 0.05) is 63.8 Å². The number of hydrogen-bond acceptors (Lipinski definition) is 0. The largest absolute Gasteiger partial charge is 0 e. The van der Waals surface area contributed by atoms with Crippen molar-refractivity contribution in [3.8, 4) is 0 Å². The van der Waals surface area contributed by atoms with Crippen molar-refractivity contribution in [2.24, 2.45) is 0 Å². The van der Waals surface area contributed by atoms with Gasteiger partial charge in [0.2, 0.25) is 0 Å². The Hall–Kier alpha value is 3.69. The summed E-state index contributed by atoms with van der Waals surface area (Å²) in [6, 6.07) is 0. The minimum atomic E-state index is 0. The van der Waals surface area contributed by atoms with Crippen LogP contribution in [0.15, 0.2) is 0 Å². The van der Waals surface area contributed by atoms with E-state index in [1.54, 1.807) is 0 Å². The van der Waals surface area contributed by atoms with E-state index in [1.807, 2.05) is 0 Å². The summed E-state index contributed by atoms with van der Waals surface area (Å²) in [5, 5.41) is 0. The fourth-order valence-corrected chi connectivity index (χ4v) is 0. The van der Waals surface area contributed by atoms with E-state index in [9.17, 15) is 0 Å². The molecule has 0 aromatic heterocycles. The molecule has 1 radical (unpaired) electrons. The van der Waals surface area contributed by atoms with Crippen LogP contribution in [-0.4, -0.2) is 54.4 Å². The van der Waals surface area contributed by atoms with Gasteiger partial charge in [-0.2, -0.15) is 0 Å². The van der Waals surface area contributed by atoms with E-state index in [1.165, 1.54) is 0 Å². The van der Waals surface area contributed by atoms with E-state index >= 15 is 0 Å². The summed E-state index contributed by atoms with van der Waals surface area (Å²) in [5.74, 6) is 0. The third kappa shape index (κ3) is 9.19. The summed E-state index contributed by atoms with van der Waals surface area (Å²) >= 11 is 0. The average Bonchev–Trinajstić information content (AvgIpc) is 0. The summed E-state index contributed by atoms with van der Waals surface area (Å²) in [4.78, 5) is 0. The summed E-state index contributed by atoms with van der Waals surface area (Å²) in [5.41, 5.74) is 0. The second-order valence-electron chi connectivity index (χ2n) is 0. The van der Waals surface area contributed by atoms with Crippen LogP contribution in [0.1, 0.15) is 0 Å². The molecule has 0 aliphatic heterocycles. The van der Waals surface area contributed by atoms with Crippen LogP contribution in [0.2, 0.25) is 0 Å². The topological polar surface area (TPSA) is 31.5 Å². The molecule has 0 aliphatic carbocycles. The quantitative estimate of drug-likeness (QED) is 0.366. The molecule has 0 unspecified atom stereocenters. The van der Waals surface area contributed by atoms with Crippen molar-refractivity contribution in [1.29, 1.82) is 0 Å². The molecule has 0 amide bonds. The van der Waals surface area contributed by atoms with Gasteiger partial charge in [-0.25, -0.2) is 0 Å². The van der Waals surface area contributed by atoms with Gasteiger partial charge >= 0.3 is 48.9 Å². The van der Waals surface area contributed by atoms with E-state index in [0.29, 0.717) is 0 Å². The molecule has 2 N–H and O–H groups in total. The van der Waals surface area contributed by atoms with Gasteiger partial charge in [0.05, 0.1) is 0 Å². The number of hydrogen-bond donors (Lipinski definition) is 0. The maximum Gasteiger partial charge on any atom is 0 e. The van der Waals surface area contributed by atoms with Crippen molar-refractivity contribution in [3.63, 3.8) is 0 Å². The molecule has 0 bridgehead atoms. The molecule has 0 heterocycles. The molecule has 1 nitrogen and oxygen atoms in total. The molecule has 4 heavy (non-hydrogen) atoms. The first-order valence-electron chi connectivity index (χ1n) is 0. The fraction of sp³-hybridized carbons (Fsp3) is 0. The second kappa shape index (κ2) is 15.9. The molecule has 19 valence electrons. The van der Waals surface area contributed by atoms with Gasteiger partial charge in [-0.1, -0.05) is 0 Å². The van der Waals surface area contributed by atoms with E-state index < -0.39 is 0 Å². The summed E-state index contributed by atoms with van der Waals surface area (Å²) in [6.07, 6.45) is 0. The Morgan fingerprint density at radius 1 is 1.00 bits per heavy atom. The monoisotopic (exact) mass is 485 g/mol. The van der Waals surface area contributed by atoms with Crippen LogP contribution in [0.3, 0.4) is 0 Å². The van der Waals surface area contributed by atoms with Gasteiger partial charge in [0.15, 0.2) is 0 Å². The number of rotatable bonds is 0. The SMILES string of the molecule is O.[BaH2].[U].[Y]. The molecule has 0 spiro atoms. The second-order valence-corrected chi connectivity index (χ2v) is 0. The van der Waals surface area contributed by atoms with E-state index in [2.05, 4.69) is 0 Å². The predicted molar refractivity (Wildman–Crippen MR) is 12.2 cm³/mol. The molecule has 0 atom stereocenters. The van der Waals surface area contributed by atoms with Gasteiger partial charge < -0.3 is 5.48 Å². The van der Waals surface area contributed by atoms with E-state index in [4.69, 9.17) is 0 Å². The van der Waals surface area contributed by atoms with Crippen molar-refractivity contribution in [2.45, 2.75) is 0 Å². The smallest absolute Gasteiger partial charge is 0 e. The molecular formula is H4BaOUY. The fourth-order valence-electron chi connectivity index (χ4n) is 0. The molecular weight excluding hydrogens is 480 g/mol. The molecule has 0 aliphatic rings. The van der Waals surface area contributed by atoms with Gasteiger partial charge in [0.25, 0.3) is 0 Å². The zero-order valence-electron chi connectivity index (χ0n) is 1.58. The molecule has 0 fully saturated rings. The Kier molecular flexibility index (Phi) is 101. The van der Waals surface area contributed by atoms with Crippen molar-refractivity contribution < 1.29 is 69.3 Å². The third-order valence-corrected chi connectivity index (χ3v) is 0. The predicted octanol–water partition coefficient (Wildman–Crippen LogP) is -1.74. The van der Waals surface area contributed by atoms with Gasteiger partial charge in [-0.05, 0) is 0 Å². The molecule has 4 heteroatoms. The molecule has 0 saturated carbocycles. The third-order valence-electron chi connectivity index (χ3n) is 0. The first kappa shape index (κ1) is 25.3. The maximum atomic E-state index is 0. The van der Waals surface area contributed by atoms with Gasteiger partial charge in [-0.3, -0.25) is 0 Å². The van der Waals surface area contributed by atoms with Crippen LogP contribution in [0, 0.1) is 31.1 Å². The zero-order valence-corrected chi connectivity index (χ0v) is 8.58. The van der Waals surface area contributed by atoms with Crippen LogP contribution in [0.4, 0.5) is 0 Å². The van der Waals surface area contributed by atoms with Crippen molar-refractivity contribution in [3.05, 3.63) is 0 Å². The Morgan fingerprint density at radius 3 is 1.00 bits per heavy atom. The first-order valence-corrected chi connectivity index (χ1v) is 0. The Morgan fingerprint density at radius 2 is 1.00 bits per heavy atom. The maximum absolute atomic E-state index is 0. The van der Waals surface area contributed by atoms with Crippen molar-refractivity contribution >= 4 is 48.9 Å². The molecule has 0 rings (SSSR count).